The van der Waals surface area contributed by atoms with E-state index in [4.69, 9.17) is 4.74 Å². The maximum Gasteiger partial charge on any atom is 0.265 e. The van der Waals surface area contributed by atoms with E-state index in [-0.39, 0.29) is 29.3 Å². The van der Waals surface area contributed by atoms with Crippen molar-refractivity contribution < 1.29 is 19.4 Å². The van der Waals surface area contributed by atoms with Crippen molar-refractivity contribution in [2.24, 2.45) is 0 Å². The summed E-state index contributed by atoms with van der Waals surface area (Å²) in [6.45, 7) is 2.81. The van der Waals surface area contributed by atoms with Crippen LogP contribution in [0.5, 0.6) is 11.5 Å². The molecule has 0 saturated heterocycles. The third-order valence-corrected chi connectivity index (χ3v) is 3.84. The van der Waals surface area contributed by atoms with Gasteiger partial charge in [0.15, 0.2) is 0 Å². The molecule has 1 aliphatic heterocycles. The monoisotopic (exact) mass is 311 g/mol. The van der Waals surface area contributed by atoms with Gasteiger partial charge in [-0.3, -0.25) is 14.5 Å². The number of nitrogens with zero attached hydrogens (tertiary/aromatic N) is 1. The zero-order chi connectivity index (χ0) is 16.4. The van der Waals surface area contributed by atoms with Crippen LogP contribution in [0.15, 0.2) is 42.5 Å². The van der Waals surface area contributed by atoms with Gasteiger partial charge in [-0.1, -0.05) is 18.2 Å². The van der Waals surface area contributed by atoms with Gasteiger partial charge in [-0.2, -0.15) is 0 Å². The highest BCUT2D eigenvalue weighted by atomic mass is 16.5. The first-order valence-corrected chi connectivity index (χ1v) is 7.51. The first kappa shape index (κ1) is 15.1. The van der Waals surface area contributed by atoms with E-state index in [2.05, 4.69) is 0 Å². The van der Waals surface area contributed by atoms with Crippen molar-refractivity contribution in [3.63, 3.8) is 0 Å². The minimum atomic E-state index is -0.436. The molecular formula is C18H17NO4. The van der Waals surface area contributed by atoms with Crippen molar-refractivity contribution >= 4 is 11.8 Å². The average Bonchev–Trinajstić information content (AvgIpc) is 2.80. The molecule has 0 saturated carbocycles. The normalized spacial score (nSPS) is 13.3. The molecule has 5 heteroatoms. The molecule has 1 N–H and O–H groups in total. The third kappa shape index (κ3) is 2.77. The molecule has 0 bridgehead atoms. The van der Waals surface area contributed by atoms with Crippen molar-refractivity contribution in [3.05, 3.63) is 59.2 Å². The second-order valence-electron chi connectivity index (χ2n) is 5.29. The van der Waals surface area contributed by atoms with E-state index in [0.29, 0.717) is 13.0 Å². The predicted molar refractivity (Wildman–Crippen MR) is 84.8 cm³/mol. The summed E-state index contributed by atoms with van der Waals surface area (Å²) in [5.41, 5.74) is 1.38. The molecule has 0 spiro atoms. The molecule has 5 nitrogen and oxygen atoms in total. The van der Waals surface area contributed by atoms with E-state index in [1.54, 1.807) is 12.1 Å². The van der Waals surface area contributed by atoms with E-state index in [1.165, 1.54) is 11.0 Å². The molecule has 0 atom stereocenters. The Balaban J connectivity index is 1.71. The van der Waals surface area contributed by atoms with E-state index < -0.39 is 5.91 Å². The molecule has 3 rings (SSSR count). The van der Waals surface area contributed by atoms with Crippen LogP contribution in [0.2, 0.25) is 0 Å². The number of carbonyl (C=O) groups excluding carboxylic acids is 2. The Bertz CT molecular complexity index is 752. The predicted octanol–water partition coefficient (Wildman–Crippen LogP) is 2.63. The number of carbonyl (C=O) groups is 2. The summed E-state index contributed by atoms with van der Waals surface area (Å²) in [7, 11) is 0. The van der Waals surface area contributed by atoms with Crippen LogP contribution < -0.4 is 4.74 Å². The second kappa shape index (κ2) is 6.12. The van der Waals surface area contributed by atoms with E-state index in [9.17, 15) is 14.7 Å². The fraction of sp³-hybridized carbons (Fsp3) is 0.222. The number of aromatic hydroxyl groups is 1. The standard InChI is InChI=1S/C18H17NO4/c1-2-23-13-8-6-12(7-9-13)10-11-19-17(21)14-4-3-5-15(20)16(14)18(19)22/h3-9,20H,2,10-11H2,1H3. The topological polar surface area (TPSA) is 66.8 Å². The van der Waals surface area contributed by atoms with Crippen LogP contribution in [0, 0.1) is 0 Å². The van der Waals surface area contributed by atoms with Crippen LogP contribution >= 0.6 is 0 Å². The summed E-state index contributed by atoms with van der Waals surface area (Å²) in [6.07, 6.45) is 0.554. The number of hydrogen-bond acceptors (Lipinski definition) is 4. The van der Waals surface area contributed by atoms with Crippen molar-refractivity contribution in [1.29, 1.82) is 0 Å². The molecule has 118 valence electrons. The lowest BCUT2D eigenvalue weighted by Gasteiger charge is -2.14. The van der Waals surface area contributed by atoms with Crippen molar-refractivity contribution in [2.45, 2.75) is 13.3 Å². The molecule has 0 aliphatic carbocycles. The van der Waals surface area contributed by atoms with Crippen LogP contribution in [-0.4, -0.2) is 35.0 Å². The summed E-state index contributed by atoms with van der Waals surface area (Å²) < 4.78 is 5.38. The zero-order valence-corrected chi connectivity index (χ0v) is 12.8. The van der Waals surface area contributed by atoms with Crippen LogP contribution in [0.4, 0.5) is 0 Å². The minimum absolute atomic E-state index is 0.101. The number of fused-ring (bicyclic) bond motifs is 1. The van der Waals surface area contributed by atoms with Gasteiger partial charge in [0.1, 0.15) is 11.5 Å². The smallest absolute Gasteiger partial charge is 0.265 e. The Morgan fingerprint density at radius 2 is 1.78 bits per heavy atom. The summed E-state index contributed by atoms with van der Waals surface area (Å²) in [5.74, 6) is -0.146. The van der Waals surface area contributed by atoms with Gasteiger partial charge in [0, 0.05) is 6.54 Å². The number of ether oxygens (including phenoxy) is 1. The Labute approximate surface area is 134 Å². The van der Waals surface area contributed by atoms with Gasteiger partial charge < -0.3 is 9.84 Å². The molecule has 2 aromatic rings. The molecule has 23 heavy (non-hydrogen) atoms. The van der Waals surface area contributed by atoms with Gasteiger partial charge in [-0.15, -0.1) is 0 Å². The zero-order valence-electron chi connectivity index (χ0n) is 12.8. The van der Waals surface area contributed by atoms with Crippen molar-refractivity contribution in [3.8, 4) is 11.5 Å². The summed E-state index contributed by atoms with van der Waals surface area (Å²) in [4.78, 5) is 25.8. The molecule has 2 amide bonds. The quantitative estimate of drug-likeness (QED) is 0.862. The lowest BCUT2D eigenvalue weighted by atomic mass is 10.1. The largest absolute Gasteiger partial charge is 0.507 e. The highest BCUT2D eigenvalue weighted by molar-refractivity contribution is 6.22. The molecule has 2 aromatic carbocycles. The van der Waals surface area contributed by atoms with Crippen molar-refractivity contribution in [2.75, 3.05) is 13.2 Å². The Morgan fingerprint density at radius 3 is 2.43 bits per heavy atom. The molecule has 1 heterocycles. The SMILES string of the molecule is CCOc1ccc(CCN2C(=O)c3cccc(O)c3C2=O)cc1. The molecule has 0 fully saturated rings. The number of phenols is 1. The second-order valence-corrected chi connectivity index (χ2v) is 5.29. The van der Waals surface area contributed by atoms with Crippen LogP contribution in [0.3, 0.4) is 0 Å². The average molecular weight is 311 g/mol. The fourth-order valence-electron chi connectivity index (χ4n) is 2.68. The van der Waals surface area contributed by atoms with E-state index in [1.807, 2.05) is 31.2 Å². The summed E-state index contributed by atoms with van der Waals surface area (Å²) in [5, 5.41) is 9.79. The number of rotatable bonds is 5. The molecule has 0 unspecified atom stereocenters. The third-order valence-electron chi connectivity index (χ3n) is 3.84. The maximum atomic E-state index is 12.3. The van der Waals surface area contributed by atoms with Gasteiger partial charge in [-0.05, 0) is 43.2 Å². The Kier molecular flexibility index (Phi) is 4.02. The van der Waals surface area contributed by atoms with Crippen LogP contribution in [0.1, 0.15) is 33.2 Å². The van der Waals surface area contributed by atoms with Gasteiger partial charge in [-0.25, -0.2) is 0 Å². The number of benzene rings is 2. The number of hydrogen-bond donors (Lipinski definition) is 1. The molecule has 0 radical (unpaired) electrons. The van der Waals surface area contributed by atoms with Gasteiger partial charge in [0.25, 0.3) is 11.8 Å². The van der Waals surface area contributed by atoms with Gasteiger partial charge >= 0.3 is 0 Å². The Morgan fingerprint density at radius 1 is 1.04 bits per heavy atom. The van der Waals surface area contributed by atoms with Crippen molar-refractivity contribution in [1.82, 2.24) is 4.90 Å². The van der Waals surface area contributed by atoms with Crippen LogP contribution in [0.25, 0.3) is 0 Å². The lowest BCUT2D eigenvalue weighted by molar-refractivity contribution is 0.0655. The minimum Gasteiger partial charge on any atom is -0.507 e. The maximum absolute atomic E-state index is 12.3. The number of imide groups is 1. The number of amides is 2. The first-order chi connectivity index (χ1) is 11.1. The van der Waals surface area contributed by atoms with E-state index in [0.717, 1.165) is 11.3 Å². The lowest BCUT2D eigenvalue weighted by Crippen LogP contribution is -2.31. The van der Waals surface area contributed by atoms with Gasteiger partial charge in [0.05, 0.1) is 17.7 Å². The highest BCUT2D eigenvalue weighted by Crippen LogP contribution is 2.30. The first-order valence-electron chi connectivity index (χ1n) is 7.51. The molecule has 1 aliphatic rings. The Hall–Kier alpha value is -2.82. The fourth-order valence-corrected chi connectivity index (χ4v) is 2.68. The van der Waals surface area contributed by atoms with E-state index >= 15 is 0 Å². The number of phenolic OH excluding ortho intramolecular Hbond substituents is 1. The molecular weight excluding hydrogens is 294 g/mol. The summed E-state index contributed by atoms with van der Waals surface area (Å²) >= 11 is 0. The molecule has 0 aromatic heterocycles. The summed E-state index contributed by atoms with van der Waals surface area (Å²) in [6, 6.07) is 12.1. The highest BCUT2D eigenvalue weighted by Gasteiger charge is 2.37. The van der Waals surface area contributed by atoms with Crippen LogP contribution in [-0.2, 0) is 6.42 Å². The van der Waals surface area contributed by atoms with Gasteiger partial charge in [0.2, 0.25) is 0 Å².